The summed E-state index contributed by atoms with van der Waals surface area (Å²) in [5, 5.41) is 4.19. The smallest absolute Gasteiger partial charge is 0.309 e. The van der Waals surface area contributed by atoms with Gasteiger partial charge >= 0.3 is 5.97 Å². The van der Waals surface area contributed by atoms with E-state index in [2.05, 4.69) is 5.32 Å². The molecule has 1 amide bonds. The maximum atomic E-state index is 13.7. The summed E-state index contributed by atoms with van der Waals surface area (Å²) in [7, 11) is -3.54. The molecule has 11 heteroatoms. The zero-order chi connectivity index (χ0) is 21.0. The number of piperidine rings is 1. The Morgan fingerprint density at radius 2 is 2.00 bits per heavy atom. The Morgan fingerprint density at radius 3 is 2.62 bits per heavy atom. The van der Waals surface area contributed by atoms with Gasteiger partial charge in [0.1, 0.15) is 10.0 Å². The summed E-state index contributed by atoms with van der Waals surface area (Å²) in [4.78, 5) is 24.1. The number of benzene rings is 1. The lowest BCUT2D eigenvalue weighted by Crippen LogP contribution is -2.40. The van der Waals surface area contributed by atoms with E-state index in [1.54, 1.807) is 17.5 Å². The minimum atomic E-state index is -3.54. The Morgan fingerprint density at radius 1 is 1.28 bits per heavy atom. The molecule has 1 N–H and O–H groups in total. The van der Waals surface area contributed by atoms with Crippen LogP contribution in [0.4, 0.5) is 10.1 Å². The highest BCUT2D eigenvalue weighted by molar-refractivity contribution is 7.91. The first-order valence-corrected chi connectivity index (χ1v) is 11.4. The second-order valence-corrected chi connectivity index (χ2v) is 9.94. The quantitative estimate of drug-likeness (QED) is 0.668. The van der Waals surface area contributed by atoms with Gasteiger partial charge in [0.05, 0.1) is 11.6 Å². The summed E-state index contributed by atoms with van der Waals surface area (Å²) in [6.45, 7) is -0.168. The predicted octanol–water partition coefficient (Wildman–Crippen LogP) is 3.12. The third-order valence-electron chi connectivity index (χ3n) is 4.43. The van der Waals surface area contributed by atoms with Crippen molar-refractivity contribution < 1.29 is 27.1 Å². The fraction of sp³-hybridized carbons (Fsp3) is 0.333. The van der Waals surface area contributed by atoms with Crippen LogP contribution in [0.25, 0.3) is 0 Å². The first-order chi connectivity index (χ1) is 13.8. The van der Waals surface area contributed by atoms with E-state index in [1.165, 1.54) is 16.4 Å². The van der Waals surface area contributed by atoms with Crippen LogP contribution >= 0.6 is 22.9 Å². The summed E-state index contributed by atoms with van der Waals surface area (Å²) in [6.07, 6.45) is 0.605. The third kappa shape index (κ3) is 5.33. The van der Waals surface area contributed by atoms with Gasteiger partial charge in [-0.3, -0.25) is 9.59 Å². The SMILES string of the molecule is O=C(COC(=O)C1CCN(S(=O)(=O)c2cccs2)CC1)Nc1ccc(Cl)cc1F. The monoisotopic (exact) mass is 460 g/mol. The van der Waals surface area contributed by atoms with Crippen molar-refractivity contribution in [3.8, 4) is 0 Å². The molecule has 0 atom stereocenters. The number of carbonyl (C=O) groups is 2. The van der Waals surface area contributed by atoms with E-state index in [9.17, 15) is 22.4 Å². The van der Waals surface area contributed by atoms with E-state index in [0.717, 1.165) is 17.4 Å². The van der Waals surface area contributed by atoms with E-state index in [0.29, 0.717) is 12.8 Å². The largest absolute Gasteiger partial charge is 0.455 e. The Kier molecular flexibility index (Phi) is 6.89. The fourth-order valence-electron chi connectivity index (χ4n) is 2.90. The summed E-state index contributed by atoms with van der Waals surface area (Å²) in [5.74, 6) is -2.46. The molecule has 0 aliphatic carbocycles. The summed E-state index contributed by atoms with van der Waals surface area (Å²) in [5.41, 5.74) is -0.0671. The number of sulfonamides is 1. The van der Waals surface area contributed by atoms with Gasteiger partial charge in [0, 0.05) is 18.1 Å². The van der Waals surface area contributed by atoms with Gasteiger partial charge in [0.15, 0.2) is 6.61 Å². The number of nitrogens with one attached hydrogen (secondary N) is 1. The molecule has 2 aromatic rings. The van der Waals surface area contributed by atoms with Crippen molar-refractivity contribution in [2.75, 3.05) is 25.0 Å². The topological polar surface area (TPSA) is 92.8 Å². The van der Waals surface area contributed by atoms with Crippen molar-refractivity contribution in [3.05, 3.63) is 46.6 Å². The summed E-state index contributed by atoms with van der Waals surface area (Å²) < 4.78 is 45.3. The van der Waals surface area contributed by atoms with Gasteiger partial charge < -0.3 is 10.1 Å². The van der Waals surface area contributed by atoms with Gasteiger partial charge in [-0.1, -0.05) is 17.7 Å². The van der Waals surface area contributed by atoms with Gasteiger partial charge in [-0.15, -0.1) is 11.3 Å². The number of rotatable bonds is 6. The lowest BCUT2D eigenvalue weighted by Gasteiger charge is -2.29. The third-order valence-corrected chi connectivity index (χ3v) is 7.93. The molecule has 1 aromatic heterocycles. The highest BCUT2D eigenvalue weighted by Gasteiger charge is 2.33. The number of esters is 1. The van der Waals surface area contributed by atoms with Crippen molar-refractivity contribution in [2.24, 2.45) is 5.92 Å². The number of thiophene rings is 1. The average molecular weight is 461 g/mol. The Bertz CT molecular complexity index is 990. The molecule has 1 fully saturated rings. The van der Waals surface area contributed by atoms with Crippen LogP contribution in [0, 0.1) is 11.7 Å². The number of carbonyl (C=O) groups excluding carboxylic acids is 2. The summed E-state index contributed by atoms with van der Waals surface area (Å²) in [6, 6.07) is 7.00. The highest BCUT2D eigenvalue weighted by atomic mass is 35.5. The molecule has 0 radical (unpaired) electrons. The van der Waals surface area contributed by atoms with Crippen LogP contribution in [0.15, 0.2) is 39.9 Å². The predicted molar refractivity (Wildman–Crippen MR) is 107 cm³/mol. The van der Waals surface area contributed by atoms with Crippen molar-refractivity contribution in [1.82, 2.24) is 4.31 Å². The van der Waals surface area contributed by atoms with E-state index in [4.69, 9.17) is 16.3 Å². The van der Waals surface area contributed by atoms with Crippen LogP contribution in [0.3, 0.4) is 0 Å². The Balaban J connectivity index is 1.47. The number of hydrogen-bond donors (Lipinski definition) is 1. The highest BCUT2D eigenvalue weighted by Crippen LogP contribution is 2.27. The molecule has 0 unspecified atom stereocenters. The number of halogens is 2. The van der Waals surface area contributed by atoms with Gasteiger partial charge in [0.2, 0.25) is 0 Å². The lowest BCUT2D eigenvalue weighted by atomic mass is 9.98. The first-order valence-electron chi connectivity index (χ1n) is 8.72. The number of amides is 1. The van der Waals surface area contributed by atoms with E-state index < -0.39 is 40.2 Å². The number of anilines is 1. The molecule has 3 rings (SSSR count). The molecular weight excluding hydrogens is 443 g/mol. The van der Waals surface area contributed by atoms with Crippen molar-refractivity contribution >= 4 is 50.5 Å². The molecule has 29 heavy (non-hydrogen) atoms. The van der Waals surface area contributed by atoms with Crippen LogP contribution in [0.5, 0.6) is 0 Å². The van der Waals surface area contributed by atoms with Crippen molar-refractivity contribution in [1.29, 1.82) is 0 Å². The molecule has 0 saturated carbocycles. The van der Waals surface area contributed by atoms with Crippen LogP contribution in [-0.2, 0) is 24.3 Å². The standard InChI is InChI=1S/C18H18ClFN2O5S2/c19-13-3-4-15(14(20)10-13)21-16(23)11-27-18(24)12-5-7-22(8-6-12)29(25,26)17-2-1-9-28-17/h1-4,9-10,12H,5-8,11H2,(H,21,23). The normalized spacial score (nSPS) is 15.8. The second kappa shape index (κ2) is 9.21. The van der Waals surface area contributed by atoms with Gasteiger partial charge in [-0.05, 0) is 42.5 Å². The maximum Gasteiger partial charge on any atom is 0.309 e. The Labute approximate surface area is 176 Å². The summed E-state index contributed by atoms with van der Waals surface area (Å²) >= 11 is 6.79. The van der Waals surface area contributed by atoms with E-state index in [-0.39, 0.29) is 28.0 Å². The average Bonchev–Trinajstić information content (AvgIpc) is 3.24. The van der Waals surface area contributed by atoms with Crippen molar-refractivity contribution in [2.45, 2.75) is 17.1 Å². The van der Waals surface area contributed by atoms with Crippen LogP contribution < -0.4 is 5.32 Å². The minimum Gasteiger partial charge on any atom is -0.455 e. The molecule has 0 spiro atoms. The number of hydrogen-bond acceptors (Lipinski definition) is 6. The first kappa shape index (κ1) is 21.7. The van der Waals surface area contributed by atoms with Gasteiger partial charge in [-0.2, -0.15) is 4.31 Å². The zero-order valence-electron chi connectivity index (χ0n) is 15.1. The molecule has 1 saturated heterocycles. The zero-order valence-corrected chi connectivity index (χ0v) is 17.5. The van der Waals surface area contributed by atoms with Crippen LogP contribution in [0.2, 0.25) is 5.02 Å². The van der Waals surface area contributed by atoms with Gasteiger partial charge in [0.25, 0.3) is 15.9 Å². The molecule has 1 aromatic carbocycles. The van der Waals surface area contributed by atoms with Gasteiger partial charge in [-0.25, -0.2) is 12.8 Å². The fourth-order valence-corrected chi connectivity index (χ4v) is 5.67. The molecule has 7 nitrogen and oxygen atoms in total. The lowest BCUT2D eigenvalue weighted by molar-refractivity contribution is -0.152. The molecule has 1 aliphatic rings. The minimum absolute atomic E-state index is 0.0671. The molecule has 2 heterocycles. The van der Waals surface area contributed by atoms with E-state index >= 15 is 0 Å². The van der Waals surface area contributed by atoms with Crippen molar-refractivity contribution in [3.63, 3.8) is 0 Å². The molecular formula is C18H18ClFN2O5S2. The molecule has 1 aliphatic heterocycles. The number of nitrogens with zero attached hydrogens (tertiary/aromatic N) is 1. The molecule has 156 valence electrons. The Hall–Kier alpha value is -2.01. The molecule has 0 bridgehead atoms. The number of ether oxygens (including phenoxy) is 1. The van der Waals surface area contributed by atoms with E-state index in [1.807, 2.05) is 0 Å². The van der Waals surface area contributed by atoms with Crippen LogP contribution in [0.1, 0.15) is 12.8 Å². The van der Waals surface area contributed by atoms with Crippen LogP contribution in [-0.4, -0.2) is 44.3 Å². The maximum absolute atomic E-state index is 13.7. The second-order valence-electron chi connectivity index (χ2n) is 6.39.